The summed E-state index contributed by atoms with van der Waals surface area (Å²) in [7, 11) is -1.18. The summed E-state index contributed by atoms with van der Waals surface area (Å²) in [5.41, 5.74) is 1.10. The zero-order valence-corrected chi connectivity index (χ0v) is 18.2. The topological polar surface area (TPSA) is 73.8 Å². The first-order chi connectivity index (χ1) is 10.8. The Balaban J connectivity index is 0.00000529. The molecule has 0 radical (unpaired) electrons. The molecular formula is C15H26ClIN4O2S. The summed E-state index contributed by atoms with van der Waals surface area (Å²) in [5.74, 6) is 0.784. The highest BCUT2D eigenvalue weighted by Crippen LogP contribution is 2.12. The van der Waals surface area contributed by atoms with Crippen LogP contribution in [-0.2, 0) is 16.6 Å². The fourth-order valence-electron chi connectivity index (χ4n) is 1.98. The van der Waals surface area contributed by atoms with Gasteiger partial charge in [-0.1, -0.05) is 23.7 Å². The fourth-order valence-corrected chi connectivity index (χ4v) is 2.70. The van der Waals surface area contributed by atoms with Gasteiger partial charge < -0.3 is 10.2 Å². The lowest BCUT2D eigenvalue weighted by molar-refractivity contribution is 0.476. The van der Waals surface area contributed by atoms with Gasteiger partial charge in [0.2, 0.25) is 10.0 Å². The average molecular weight is 489 g/mol. The van der Waals surface area contributed by atoms with Crippen LogP contribution >= 0.6 is 35.6 Å². The van der Waals surface area contributed by atoms with Gasteiger partial charge in [0.25, 0.3) is 0 Å². The summed E-state index contributed by atoms with van der Waals surface area (Å²) >= 11 is 6.00. The van der Waals surface area contributed by atoms with Crippen molar-refractivity contribution in [3.8, 4) is 0 Å². The molecule has 0 bridgehead atoms. The van der Waals surface area contributed by atoms with Crippen LogP contribution in [-0.4, -0.2) is 52.2 Å². The number of halogens is 2. The molecule has 0 unspecified atom stereocenters. The van der Waals surface area contributed by atoms with Gasteiger partial charge in [-0.2, -0.15) is 0 Å². The summed E-state index contributed by atoms with van der Waals surface area (Å²) in [6.45, 7) is 4.40. The summed E-state index contributed by atoms with van der Waals surface area (Å²) in [4.78, 5) is 6.53. The SMILES string of the molecule is CCNC(=NCCCNS(C)(=O)=O)N(C)Cc1cccc(Cl)c1.I. The molecule has 0 saturated heterocycles. The van der Waals surface area contributed by atoms with Crippen molar-refractivity contribution >= 4 is 51.6 Å². The van der Waals surface area contributed by atoms with Crippen LogP contribution in [0.4, 0.5) is 0 Å². The van der Waals surface area contributed by atoms with Crippen molar-refractivity contribution in [1.82, 2.24) is 14.9 Å². The molecule has 0 aliphatic heterocycles. The molecule has 0 spiro atoms. The third-order valence-electron chi connectivity index (χ3n) is 2.97. The lowest BCUT2D eigenvalue weighted by Gasteiger charge is -2.22. The fraction of sp³-hybridized carbons (Fsp3) is 0.533. The molecule has 9 heteroatoms. The maximum Gasteiger partial charge on any atom is 0.208 e. The van der Waals surface area contributed by atoms with Gasteiger partial charge in [0.05, 0.1) is 6.26 Å². The van der Waals surface area contributed by atoms with Crippen molar-refractivity contribution in [2.24, 2.45) is 4.99 Å². The van der Waals surface area contributed by atoms with Crippen LogP contribution in [0, 0.1) is 0 Å². The monoisotopic (exact) mass is 488 g/mol. The number of nitrogens with one attached hydrogen (secondary N) is 2. The van der Waals surface area contributed by atoms with Crippen molar-refractivity contribution in [1.29, 1.82) is 0 Å². The first-order valence-electron chi connectivity index (χ1n) is 7.50. The number of hydrogen-bond donors (Lipinski definition) is 2. The van der Waals surface area contributed by atoms with E-state index in [0.29, 0.717) is 31.1 Å². The molecule has 0 amide bonds. The van der Waals surface area contributed by atoms with Crippen LogP contribution in [0.1, 0.15) is 18.9 Å². The van der Waals surface area contributed by atoms with Crippen molar-refractivity contribution in [3.05, 3.63) is 34.9 Å². The van der Waals surface area contributed by atoms with Crippen LogP contribution in [0.3, 0.4) is 0 Å². The molecule has 0 aromatic heterocycles. The Morgan fingerprint density at radius 3 is 2.67 bits per heavy atom. The number of nitrogens with zero attached hydrogens (tertiary/aromatic N) is 2. The number of aliphatic imine (C=N–C) groups is 1. The molecule has 0 aliphatic rings. The first-order valence-corrected chi connectivity index (χ1v) is 9.77. The van der Waals surface area contributed by atoms with E-state index in [1.54, 1.807) is 0 Å². The maximum absolute atomic E-state index is 11.0. The minimum absolute atomic E-state index is 0. The zero-order chi connectivity index (χ0) is 17.3. The van der Waals surface area contributed by atoms with E-state index < -0.39 is 10.0 Å². The van der Waals surface area contributed by atoms with Crippen molar-refractivity contribution in [3.63, 3.8) is 0 Å². The van der Waals surface area contributed by atoms with Gasteiger partial charge in [-0.25, -0.2) is 13.1 Å². The van der Waals surface area contributed by atoms with Gasteiger partial charge in [-0.3, -0.25) is 4.99 Å². The Bertz CT molecular complexity index is 626. The van der Waals surface area contributed by atoms with Gasteiger partial charge in [-0.15, -0.1) is 24.0 Å². The molecule has 2 N–H and O–H groups in total. The smallest absolute Gasteiger partial charge is 0.208 e. The lowest BCUT2D eigenvalue weighted by Crippen LogP contribution is -2.38. The maximum atomic E-state index is 11.0. The number of benzene rings is 1. The zero-order valence-electron chi connectivity index (χ0n) is 14.3. The van der Waals surface area contributed by atoms with Crippen molar-refractivity contribution in [2.45, 2.75) is 19.9 Å². The van der Waals surface area contributed by atoms with Gasteiger partial charge in [0.15, 0.2) is 5.96 Å². The van der Waals surface area contributed by atoms with Crippen LogP contribution in [0.2, 0.25) is 5.02 Å². The Morgan fingerprint density at radius 2 is 2.08 bits per heavy atom. The number of guanidine groups is 1. The quantitative estimate of drug-likeness (QED) is 0.255. The number of rotatable bonds is 8. The molecule has 0 heterocycles. The summed E-state index contributed by atoms with van der Waals surface area (Å²) < 4.78 is 24.4. The number of hydrogen-bond acceptors (Lipinski definition) is 3. The predicted molar refractivity (Wildman–Crippen MR) is 112 cm³/mol. The standard InChI is InChI=1S/C15H25ClN4O2S.HI/c1-4-17-15(18-9-6-10-19-23(3,21)22)20(2)12-13-7-5-8-14(16)11-13;/h5,7-8,11,19H,4,6,9-10,12H2,1-3H3,(H,17,18);1H. The van der Waals surface area contributed by atoms with E-state index in [1.807, 2.05) is 43.1 Å². The summed E-state index contributed by atoms with van der Waals surface area (Å²) in [5, 5.41) is 3.94. The largest absolute Gasteiger partial charge is 0.357 e. The van der Waals surface area contributed by atoms with E-state index in [4.69, 9.17) is 11.6 Å². The van der Waals surface area contributed by atoms with Crippen LogP contribution in [0.5, 0.6) is 0 Å². The third kappa shape index (κ3) is 10.3. The highest BCUT2D eigenvalue weighted by molar-refractivity contribution is 14.0. The highest BCUT2D eigenvalue weighted by atomic mass is 127. The van der Waals surface area contributed by atoms with Crippen LogP contribution in [0.15, 0.2) is 29.3 Å². The molecule has 138 valence electrons. The molecule has 24 heavy (non-hydrogen) atoms. The van der Waals surface area contributed by atoms with Crippen molar-refractivity contribution in [2.75, 3.05) is 32.9 Å². The van der Waals surface area contributed by atoms with E-state index in [2.05, 4.69) is 15.0 Å². The molecular weight excluding hydrogens is 463 g/mol. The van der Waals surface area contributed by atoms with E-state index in [9.17, 15) is 8.42 Å². The second-order valence-corrected chi connectivity index (χ2v) is 7.51. The molecule has 1 aromatic rings. The van der Waals surface area contributed by atoms with Gasteiger partial charge >= 0.3 is 0 Å². The highest BCUT2D eigenvalue weighted by Gasteiger charge is 2.07. The van der Waals surface area contributed by atoms with E-state index in [0.717, 1.165) is 24.3 Å². The van der Waals surface area contributed by atoms with Crippen molar-refractivity contribution < 1.29 is 8.42 Å². The number of sulfonamides is 1. The Hall–Kier alpha value is -0.580. The molecule has 0 saturated carbocycles. The third-order valence-corrected chi connectivity index (χ3v) is 3.93. The second kappa shape index (κ2) is 11.9. The Kier molecular flexibility index (Phi) is 11.6. The van der Waals surface area contributed by atoms with E-state index >= 15 is 0 Å². The van der Waals surface area contributed by atoms with Crippen LogP contribution < -0.4 is 10.0 Å². The molecule has 0 atom stereocenters. The van der Waals surface area contributed by atoms with Crippen LogP contribution in [0.25, 0.3) is 0 Å². The molecule has 0 aliphatic carbocycles. The predicted octanol–water partition coefficient (Wildman–Crippen LogP) is 2.29. The van der Waals surface area contributed by atoms with E-state index in [1.165, 1.54) is 0 Å². The van der Waals surface area contributed by atoms with Gasteiger partial charge in [-0.05, 0) is 31.0 Å². The van der Waals surface area contributed by atoms with Gasteiger partial charge in [0, 0.05) is 38.2 Å². The Morgan fingerprint density at radius 1 is 1.38 bits per heavy atom. The minimum atomic E-state index is -3.13. The lowest BCUT2D eigenvalue weighted by atomic mass is 10.2. The normalized spacial score (nSPS) is 11.8. The molecule has 1 aromatic carbocycles. The van der Waals surface area contributed by atoms with E-state index in [-0.39, 0.29) is 24.0 Å². The van der Waals surface area contributed by atoms with Gasteiger partial charge in [0.1, 0.15) is 0 Å². The second-order valence-electron chi connectivity index (χ2n) is 5.24. The molecule has 1 rings (SSSR count). The summed E-state index contributed by atoms with van der Waals surface area (Å²) in [6.07, 6.45) is 1.80. The Labute approximate surface area is 167 Å². The average Bonchev–Trinajstić information content (AvgIpc) is 2.44. The first kappa shape index (κ1) is 23.4. The minimum Gasteiger partial charge on any atom is -0.357 e. The molecule has 6 nitrogen and oxygen atoms in total. The summed E-state index contributed by atoms with van der Waals surface area (Å²) in [6, 6.07) is 7.71. The molecule has 0 fully saturated rings.